The summed E-state index contributed by atoms with van der Waals surface area (Å²) in [5.74, 6) is -0.278. The van der Waals surface area contributed by atoms with Gasteiger partial charge in [-0.3, -0.25) is 19.7 Å². The van der Waals surface area contributed by atoms with Crippen molar-refractivity contribution in [1.29, 1.82) is 0 Å². The van der Waals surface area contributed by atoms with Gasteiger partial charge < -0.3 is 19.7 Å². The largest absolute Gasteiger partial charge is 0.490 e. The van der Waals surface area contributed by atoms with Crippen molar-refractivity contribution in [3.05, 3.63) is 64.2 Å². The number of methoxy groups -OCH3 is 1. The summed E-state index contributed by atoms with van der Waals surface area (Å²) in [4.78, 5) is 38.0. The van der Waals surface area contributed by atoms with Crippen LogP contribution in [0.5, 0.6) is 11.5 Å². The molecule has 2 aromatic rings. The molecule has 2 amide bonds. The molecule has 0 aromatic heterocycles. The zero-order chi connectivity index (χ0) is 24.2. The number of nitro groups is 1. The highest BCUT2D eigenvalue weighted by molar-refractivity contribution is 5.88. The molecular formula is C24H31N3O6. The van der Waals surface area contributed by atoms with Crippen molar-refractivity contribution in [2.75, 3.05) is 20.3 Å². The third-order valence-electron chi connectivity index (χ3n) is 5.12. The minimum atomic E-state index is -0.649. The Balaban J connectivity index is 2.18. The quantitative estimate of drug-likeness (QED) is 0.279. The molecule has 9 heteroatoms. The van der Waals surface area contributed by atoms with Gasteiger partial charge >= 0.3 is 5.69 Å². The highest BCUT2D eigenvalue weighted by Gasteiger charge is 2.29. The van der Waals surface area contributed by atoms with Gasteiger partial charge in [0.05, 0.1) is 12.0 Å². The van der Waals surface area contributed by atoms with E-state index in [-0.39, 0.29) is 42.2 Å². The minimum absolute atomic E-state index is 0.0350. The van der Waals surface area contributed by atoms with E-state index in [0.29, 0.717) is 13.0 Å². The van der Waals surface area contributed by atoms with E-state index in [2.05, 4.69) is 5.32 Å². The van der Waals surface area contributed by atoms with Crippen LogP contribution >= 0.6 is 0 Å². The molecule has 0 fully saturated rings. The number of amides is 2. The van der Waals surface area contributed by atoms with Crippen LogP contribution in [0.15, 0.2) is 48.5 Å². The van der Waals surface area contributed by atoms with Crippen molar-refractivity contribution >= 4 is 17.5 Å². The number of rotatable bonds is 13. The standard InChI is InChI=1S/C24H31N3O6/c1-4-6-14-25-24(29)20(5-2)26(16-18-10-8-7-9-11-18)23(28)17-33-19-12-13-21(27(30)31)22(15-19)32-3/h7-13,15,20H,4-6,14,16-17H2,1-3H3,(H,25,29)/t20-/m1/s1. The third-order valence-corrected chi connectivity index (χ3v) is 5.12. The zero-order valence-corrected chi connectivity index (χ0v) is 19.3. The molecule has 0 aliphatic rings. The van der Waals surface area contributed by atoms with Crippen LogP contribution in [-0.4, -0.2) is 47.9 Å². The number of nitro benzene ring substituents is 1. The molecule has 0 radical (unpaired) electrons. The normalized spacial score (nSPS) is 11.4. The van der Waals surface area contributed by atoms with Gasteiger partial charge in [0.25, 0.3) is 5.91 Å². The van der Waals surface area contributed by atoms with Gasteiger partial charge in [-0.25, -0.2) is 0 Å². The fourth-order valence-electron chi connectivity index (χ4n) is 3.33. The highest BCUT2D eigenvalue weighted by atomic mass is 16.6. The van der Waals surface area contributed by atoms with Crippen molar-refractivity contribution in [3.63, 3.8) is 0 Å². The van der Waals surface area contributed by atoms with Crippen molar-refractivity contribution in [3.8, 4) is 11.5 Å². The molecule has 0 spiro atoms. The third kappa shape index (κ3) is 7.48. The Morgan fingerprint density at radius 2 is 1.88 bits per heavy atom. The van der Waals surface area contributed by atoms with Crippen molar-refractivity contribution in [1.82, 2.24) is 10.2 Å². The number of nitrogens with zero attached hydrogens (tertiary/aromatic N) is 2. The molecule has 0 saturated carbocycles. The maximum Gasteiger partial charge on any atom is 0.311 e. The van der Waals surface area contributed by atoms with Crippen molar-refractivity contribution in [2.24, 2.45) is 0 Å². The molecule has 1 N–H and O–H groups in total. The highest BCUT2D eigenvalue weighted by Crippen LogP contribution is 2.30. The zero-order valence-electron chi connectivity index (χ0n) is 19.3. The molecule has 0 unspecified atom stereocenters. The van der Waals surface area contributed by atoms with Crippen LogP contribution in [0.2, 0.25) is 0 Å². The first kappa shape index (κ1) is 25.6. The first-order valence-corrected chi connectivity index (χ1v) is 11.0. The maximum absolute atomic E-state index is 13.2. The predicted octanol–water partition coefficient (Wildman–Crippen LogP) is 3.71. The predicted molar refractivity (Wildman–Crippen MR) is 124 cm³/mol. The van der Waals surface area contributed by atoms with Gasteiger partial charge in [-0.1, -0.05) is 50.6 Å². The van der Waals surface area contributed by atoms with Gasteiger partial charge in [0.15, 0.2) is 6.61 Å². The van der Waals surface area contributed by atoms with E-state index in [1.54, 1.807) is 0 Å². The molecule has 0 aliphatic carbocycles. The molecule has 2 aromatic carbocycles. The molecule has 9 nitrogen and oxygen atoms in total. The van der Waals surface area contributed by atoms with E-state index in [0.717, 1.165) is 18.4 Å². The smallest absolute Gasteiger partial charge is 0.311 e. The Morgan fingerprint density at radius 3 is 2.48 bits per heavy atom. The van der Waals surface area contributed by atoms with Gasteiger partial charge in [-0.15, -0.1) is 0 Å². The fraction of sp³-hybridized carbons (Fsp3) is 0.417. The first-order valence-electron chi connectivity index (χ1n) is 11.0. The van der Waals surface area contributed by atoms with E-state index >= 15 is 0 Å². The summed E-state index contributed by atoms with van der Waals surface area (Å²) in [6.07, 6.45) is 2.26. The number of carbonyl (C=O) groups is 2. The number of nitrogens with one attached hydrogen (secondary N) is 1. The van der Waals surface area contributed by atoms with Gasteiger partial charge in [0, 0.05) is 25.2 Å². The van der Waals surface area contributed by atoms with Crippen LogP contribution in [0.25, 0.3) is 0 Å². The minimum Gasteiger partial charge on any atom is -0.490 e. The second-order valence-electron chi connectivity index (χ2n) is 7.46. The Kier molecular flexibility index (Phi) is 10.1. The number of unbranched alkanes of at least 4 members (excludes halogenated alkanes) is 1. The Hall–Kier alpha value is -3.62. The number of ether oxygens (including phenoxy) is 2. The summed E-state index contributed by atoms with van der Waals surface area (Å²) in [6.45, 7) is 4.38. The summed E-state index contributed by atoms with van der Waals surface area (Å²) in [5.41, 5.74) is 0.694. The van der Waals surface area contributed by atoms with E-state index in [1.165, 1.54) is 30.2 Å². The lowest BCUT2D eigenvalue weighted by atomic mass is 10.1. The Bertz CT molecular complexity index is 935. The lowest BCUT2D eigenvalue weighted by Crippen LogP contribution is -2.50. The van der Waals surface area contributed by atoms with Gasteiger partial charge in [0.1, 0.15) is 11.8 Å². The van der Waals surface area contributed by atoms with Gasteiger partial charge in [-0.05, 0) is 24.5 Å². The number of benzene rings is 2. The monoisotopic (exact) mass is 457 g/mol. The molecule has 2 rings (SSSR count). The average Bonchev–Trinajstić information content (AvgIpc) is 2.82. The number of hydrogen-bond acceptors (Lipinski definition) is 6. The topological polar surface area (TPSA) is 111 Å². The second-order valence-corrected chi connectivity index (χ2v) is 7.46. The summed E-state index contributed by atoms with van der Waals surface area (Å²) < 4.78 is 10.7. The lowest BCUT2D eigenvalue weighted by molar-refractivity contribution is -0.385. The van der Waals surface area contributed by atoms with E-state index in [1.807, 2.05) is 44.2 Å². The number of hydrogen-bond donors (Lipinski definition) is 1. The number of carbonyl (C=O) groups excluding carboxylic acids is 2. The lowest BCUT2D eigenvalue weighted by Gasteiger charge is -2.30. The van der Waals surface area contributed by atoms with Crippen LogP contribution in [0.4, 0.5) is 5.69 Å². The van der Waals surface area contributed by atoms with Crippen molar-refractivity contribution in [2.45, 2.75) is 45.7 Å². The molecular weight excluding hydrogens is 426 g/mol. The molecule has 33 heavy (non-hydrogen) atoms. The SMILES string of the molecule is CCCCNC(=O)[C@@H](CC)N(Cc1ccccc1)C(=O)COc1ccc([N+](=O)[O-])c(OC)c1. The van der Waals surface area contributed by atoms with Crippen LogP contribution in [-0.2, 0) is 16.1 Å². The summed E-state index contributed by atoms with van der Waals surface area (Å²) in [6, 6.07) is 12.8. The fourth-order valence-corrected chi connectivity index (χ4v) is 3.33. The Labute approximate surface area is 193 Å². The van der Waals surface area contributed by atoms with Crippen LogP contribution < -0.4 is 14.8 Å². The van der Waals surface area contributed by atoms with Gasteiger partial charge in [-0.2, -0.15) is 0 Å². The molecule has 0 bridgehead atoms. The average molecular weight is 458 g/mol. The van der Waals surface area contributed by atoms with E-state index in [4.69, 9.17) is 9.47 Å². The van der Waals surface area contributed by atoms with Gasteiger partial charge in [0.2, 0.25) is 11.7 Å². The van der Waals surface area contributed by atoms with E-state index in [9.17, 15) is 19.7 Å². The molecule has 178 valence electrons. The van der Waals surface area contributed by atoms with Crippen LogP contribution in [0, 0.1) is 10.1 Å². The van der Waals surface area contributed by atoms with Crippen LogP contribution in [0.1, 0.15) is 38.7 Å². The summed E-state index contributed by atoms with van der Waals surface area (Å²) >= 11 is 0. The first-order chi connectivity index (χ1) is 15.9. The van der Waals surface area contributed by atoms with Crippen molar-refractivity contribution < 1.29 is 24.0 Å². The van der Waals surface area contributed by atoms with Crippen LogP contribution in [0.3, 0.4) is 0 Å². The molecule has 0 saturated heterocycles. The molecule has 0 aliphatic heterocycles. The summed E-state index contributed by atoms with van der Waals surface area (Å²) in [5, 5.41) is 14.0. The molecule has 1 atom stereocenters. The second kappa shape index (κ2) is 13.0. The summed E-state index contributed by atoms with van der Waals surface area (Å²) in [7, 11) is 1.32. The van der Waals surface area contributed by atoms with E-state index < -0.39 is 11.0 Å². The molecule has 0 heterocycles. The Morgan fingerprint density at radius 1 is 1.15 bits per heavy atom. The maximum atomic E-state index is 13.2.